The highest BCUT2D eigenvalue weighted by atomic mass is 35.5. The highest BCUT2D eigenvalue weighted by Crippen LogP contribution is 2.21. The second-order valence-electron chi connectivity index (χ2n) is 5.15. The summed E-state index contributed by atoms with van der Waals surface area (Å²) in [5.74, 6) is -0.519. The van der Waals surface area contributed by atoms with E-state index in [1.165, 1.54) is 30.5 Å². The zero-order valence-electron chi connectivity index (χ0n) is 13.0. The number of thiazole rings is 1. The van der Waals surface area contributed by atoms with Crippen LogP contribution in [0.4, 0.5) is 0 Å². The van der Waals surface area contributed by atoms with Crippen molar-refractivity contribution in [1.82, 2.24) is 14.3 Å². The molecular weight excluding hydrogens is 383 g/mol. The minimum atomic E-state index is -0.519. The third-order valence-corrected chi connectivity index (χ3v) is 4.77. The molecule has 2 heterocycles. The van der Waals surface area contributed by atoms with Crippen LogP contribution in [0.3, 0.4) is 0 Å². The quantitative estimate of drug-likeness (QED) is 0.685. The van der Waals surface area contributed by atoms with E-state index in [1.54, 1.807) is 16.7 Å². The average Bonchev–Trinajstić information content (AvgIpc) is 2.99. The van der Waals surface area contributed by atoms with Crippen LogP contribution in [0.5, 0.6) is 0 Å². The van der Waals surface area contributed by atoms with Gasteiger partial charge in [0.1, 0.15) is 0 Å². The molecule has 0 fully saturated rings. The third-order valence-electron chi connectivity index (χ3n) is 3.39. The van der Waals surface area contributed by atoms with Gasteiger partial charge in [-0.1, -0.05) is 29.3 Å². The number of carbonyl (C=O) groups is 1. The number of hydrogen-bond donors (Lipinski definition) is 0. The topological polar surface area (TPSA) is 69.2 Å². The van der Waals surface area contributed by atoms with Gasteiger partial charge in [0, 0.05) is 34.7 Å². The fourth-order valence-electron chi connectivity index (χ4n) is 2.10. The smallest absolute Gasteiger partial charge is 0.300 e. The van der Waals surface area contributed by atoms with Crippen molar-refractivity contribution in [2.24, 2.45) is 12.0 Å². The zero-order valence-corrected chi connectivity index (χ0v) is 15.3. The normalized spacial score (nSPS) is 11.7. The Balaban J connectivity index is 1.92. The van der Waals surface area contributed by atoms with E-state index in [-0.39, 0.29) is 11.3 Å². The van der Waals surface area contributed by atoms with Gasteiger partial charge in [0.2, 0.25) is 0 Å². The van der Waals surface area contributed by atoms with Crippen LogP contribution in [0, 0.1) is 0 Å². The van der Waals surface area contributed by atoms with E-state index < -0.39 is 5.91 Å². The number of halogens is 2. The second-order valence-corrected chi connectivity index (χ2v) is 6.86. The number of aryl methyl sites for hydroxylation is 1. The van der Waals surface area contributed by atoms with Crippen LogP contribution < -0.4 is 10.4 Å². The van der Waals surface area contributed by atoms with Crippen LogP contribution in [0.25, 0.3) is 0 Å². The molecule has 1 aromatic carbocycles. The number of hydrogen-bond acceptors (Lipinski definition) is 4. The summed E-state index contributed by atoms with van der Waals surface area (Å²) < 4.78 is 2.90. The Morgan fingerprint density at radius 1 is 1.28 bits per heavy atom. The van der Waals surface area contributed by atoms with E-state index in [4.69, 9.17) is 23.2 Å². The van der Waals surface area contributed by atoms with E-state index in [0.29, 0.717) is 21.4 Å². The molecule has 1 amide bonds. The number of rotatable bonds is 3. The molecule has 2 aromatic heterocycles. The molecular formula is C16H12Cl2N4O2S. The van der Waals surface area contributed by atoms with E-state index in [0.717, 1.165) is 10.2 Å². The second kappa shape index (κ2) is 7.35. The minimum Gasteiger partial charge on any atom is -0.319 e. The molecule has 0 atom stereocenters. The first-order valence-corrected chi connectivity index (χ1v) is 8.79. The van der Waals surface area contributed by atoms with Gasteiger partial charge in [-0.15, -0.1) is 11.3 Å². The summed E-state index contributed by atoms with van der Waals surface area (Å²) in [5, 5.41) is 6.84. The molecule has 6 nitrogen and oxygen atoms in total. The van der Waals surface area contributed by atoms with E-state index >= 15 is 0 Å². The molecule has 0 saturated carbocycles. The van der Waals surface area contributed by atoms with Gasteiger partial charge in [-0.05, 0) is 23.8 Å². The number of benzene rings is 1. The lowest BCUT2D eigenvalue weighted by atomic mass is 10.2. The maximum absolute atomic E-state index is 12.3. The summed E-state index contributed by atoms with van der Waals surface area (Å²) in [6.45, 7) is 0.451. The van der Waals surface area contributed by atoms with Gasteiger partial charge in [-0.3, -0.25) is 9.59 Å². The first-order valence-electron chi connectivity index (χ1n) is 7.15. The molecule has 0 N–H and O–H groups in total. The largest absolute Gasteiger partial charge is 0.319 e. The molecule has 0 saturated heterocycles. The van der Waals surface area contributed by atoms with Crippen molar-refractivity contribution in [2.45, 2.75) is 6.54 Å². The fraction of sp³-hybridized carbons (Fsp3) is 0.125. The molecule has 0 aliphatic carbocycles. The number of nitrogens with zero attached hydrogens (tertiary/aromatic N) is 4. The molecule has 9 heteroatoms. The van der Waals surface area contributed by atoms with Gasteiger partial charge in [-0.2, -0.15) is 10.1 Å². The van der Waals surface area contributed by atoms with Crippen molar-refractivity contribution in [2.75, 3.05) is 0 Å². The highest BCUT2D eigenvalue weighted by Gasteiger charge is 2.09. The molecule has 0 spiro atoms. The molecule has 0 aliphatic rings. The molecule has 25 heavy (non-hydrogen) atoms. The van der Waals surface area contributed by atoms with Gasteiger partial charge < -0.3 is 4.57 Å². The lowest BCUT2D eigenvalue weighted by Gasteiger charge is -2.06. The van der Waals surface area contributed by atoms with Crippen molar-refractivity contribution in [3.63, 3.8) is 0 Å². The number of carbonyl (C=O) groups excluding carboxylic acids is 1. The first kappa shape index (κ1) is 17.6. The van der Waals surface area contributed by atoms with Crippen LogP contribution in [0.2, 0.25) is 10.0 Å². The molecule has 0 bridgehead atoms. The van der Waals surface area contributed by atoms with E-state index in [2.05, 4.69) is 10.1 Å². The van der Waals surface area contributed by atoms with E-state index in [9.17, 15) is 9.59 Å². The lowest BCUT2D eigenvalue weighted by molar-refractivity contribution is 0.0991. The summed E-state index contributed by atoms with van der Waals surface area (Å²) in [6.07, 6.45) is 1.82. The molecule has 3 rings (SSSR count). The maximum Gasteiger partial charge on any atom is 0.300 e. The van der Waals surface area contributed by atoms with E-state index in [1.807, 2.05) is 17.6 Å². The monoisotopic (exact) mass is 394 g/mol. The van der Waals surface area contributed by atoms with Crippen LogP contribution in [0.1, 0.15) is 16.1 Å². The third kappa shape index (κ3) is 4.07. The van der Waals surface area contributed by atoms with Crippen LogP contribution in [-0.4, -0.2) is 20.3 Å². The Labute approximate surface area is 156 Å². The van der Waals surface area contributed by atoms with Gasteiger partial charge in [-0.25, -0.2) is 4.68 Å². The summed E-state index contributed by atoms with van der Waals surface area (Å²) in [4.78, 5) is 28.3. The zero-order chi connectivity index (χ0) is 18.0. The molecule has 3 aromatic rings. The summed E-state index contributed by atoms with van der Waals surface area (Å²) in [5.41, 5.74) is 0.672. The van der Waals surface area contributed by atoms with Crippen LogP contribution >= 0.6 is 34.5 Å². The Bertz CT molecular complexity index is 1070. The number of aromatic nitrogens is 3. The lowest BCUT2D eigenvalue weighted by Crippen LogP contribution is -2.22. The predicted molar refractivity (Wildman–Crippen MR) is 97.2 cm³/mol. The van der Waals surface area contributed by atoms with Gasteiger partial charge >= 0.3 is 0 Å². The Hall–Kier alpha value is -2.22. The minimum absolute atomic E-state index is 0.103. The predicted octanol–water partition coefficient (Wildman–Crippen LogP) is 2.74. The van der Waals surface area contributed by atoms with Crippen molar-refractivity contribution < 1.29 is 4.79 Å². The fourth-order valence-corrected chi connectivity index (χ4v) is 3.30. The van der Waals surface area contributed by atoms with Crippen molar-refractivity contribution >= 4 is 40.4 Å². The standard InChI is InChI=1S/C16H12Cl2N4O2S/c1-21-14(23)5-4-13(20-21)15(24)19-16-22(6-7-25-16)9-10-2-3-11(17)8-12(10)18/h2-8H,9H2,1H3. The summed E-state index contributed by atoms with van der Waals surface area (Å²) >= 11 is 13.4. The molecule has 0 unspecified atom stereocenters. The summed E-state index contributed by atoms with van der Waals surface area (Å²) in [6, 6.07) is 7.90. The summed E-state index contributed by atoms with van der Waals surface area (Å²) in [7, 11) is 1.48. The van der Waals surface area contributed by atoms with Crippen molar-refractivity contribution in [3.8, 4) is 0 Å². The number of amides is 1. The molecule has 0 radical (unpaired) electrons. The van der Waals surface area contributed by atoms with Crippen molar-refractivity contribution in [1.29, 1.82) is 0 Å². The molecule has 0 aliphatic heterocycles. The Morgan fingerprint density at radius 3 is 2.80 bits per heavy atom. The SMILES string of the molecule is Cn1nc(C(=O)N=c2sccn2Cc2ccc(Cl)cc2Cl)ccc1=O. The average molecular weight is 395 g/mol. The molecule has 128 valence electrons. The van der Waals surface area contributed by atoms with Crippen LogP contribution in [-0.2, 0) is 13.6 Å². The Kier molecular flexibility index (Phi) is 5.17. The van der Waals surface area contributed by atoms with Gasteiger partial charge in [0.25, 0.3) is 11.5 Å². The maximum atomic E-state index is 12.3. The first-order chi connectivity index (χ1) is 11.9. The van der Waals surface area contributed by atoms with Gasteiger partial charge in [0.15, 0.2) is 10.5 Å². The van der Waals surface area contributed by atoms with Crippen molar-refractivity contribution in [3.05, 3.63) is 78.4 Å². The Morgan fingerprint density at radius 2 is 2.08 bits per heavy atom. The van der Waals surface area contributed by atoms with Gasteiger partial charge in [0.05, 0.1) is 6.54 Å². The highest BCUT2D eigenvalue weighted by molar-refractivity contribution is 7.07. The van der Waals surface area contributed by atoms with Crippen LogP contribution in [0.15, 0.2) is 51.7 Å².